The molecule has 3 atom stereocenters. The first-order chi connectivity index (χ1) is 14.8. The van der Waals surface area contributed by atoms with E-state index in [1.807, 2.05) is 32.0 Å². The minimum absolute atomic E-state index is 0.0255. The fraction of sp³-hybridized carbons (Fsp3) is 0.478. The van der Waals surface area contributed by atoms with E-state index in [0.717, 1.165) is 25.9 Å². The van der Waals surface area contributed by atoms with Crippen LogP contribution in [-0.4, -0.2) is 43.6 Å². The fourth-order valence-corrected chi connectivity index (χ4v) is 5.91. The van der Waals surface area contributed by atoms with Gasteiger partial charge in [0.25, 0.3) is 11.5 Å². The van der Waals surface area contributed by atoms with Crippen LogP contribution in [0.3, 0.4) is 0 Å². The molecule has 2 fully saturated rings. The molecular formula is C23H28N4O2S2. The van der Waals surface area contributed by atoms with Crippen LogP contribution in [0.25, 0.3) is 11.7 Å². The van der Waals surface area contributed by atoms with Crippen molar-refractivity contribution in [2.24, 2.45) is 11.8 Å². The van der Waals surface area contributed by atoms with E-state index in [1.165, 1.54) is 11.8 Å². The van der Waals surface area contributed by atoms with Crippen molar-refractivity contribution in [3.8, 4) is 0 Å². The first-order valence-corrected chi connectivity index (χ1v) is 12.1. The lowest BCUT2D eigenvalue weighted by atomic mass is 9.91. The zero-order chi connectivity index (χ0) is 22.3. The molecule has 2 aliphatic rings. The van der Waals surface area contributed by atoms with Crippen LogP contribution in [0.1, 0.15) is 46.1 Å². The average molecular weight is 457 g/mol. The molecule has 2 aromatic rings. The number of aromatic nitrogens is 2. The van der Waals surface area contributed by atoms with Crippen LogP contribution < -0.4 is 10.5 Å². The highest BCUT2D eigenvalue weighted by Gasteiger charge is 2.35. The lowest BCUT2D eigenvalue weighted by Gasteiger charge is -2.36. The molecule has 0 N–H and O–H groups in total. The zero-order valence-corrected chi connectivity index (χ0v) is 20.0. The highest BCUT2D eigenvalue weighted by atomic mass is 32.2. The molecule has 164 valence electrons. The maximum absolute atomic E-state index is 13.5. The summed E-state index contributed by atoms with van der Waals surface area (Å²) in [5, 5.41) is 0. The van der Waals surface area contributed by atoms with E-state index in [9.17, 15) is 9.59 Å². The SMILES string of the molecule is CC[C@H](C)N1C(=O)/C(=C\c2c(N3C[C@@H](C)C[C@H](C)C3)nc3ccccn3c2=O)SC1=S. The number of amides is 1. The highest BCUT2D eigenvalue weighted by Crippen LogP contribution is 2.36. The van der Waals surface area contributed by atoms with Gasteiger partial charge in [-0.1, -0.05) is 50.8 Å². The summed E-state index contributed by atoms with van der Waals surface area (Å²) >= 11 is 6.74. The number of carbonyl (C=O) groups is 1. The van der Waals surface area contributed by atoms with Crippen LogP contribution in [0.15, 0.2) is 34.1 Å². The Balaban J connectivity index is 1.86. The molecule has 0 radical (unpaired) electrons. The van der Waals surface area contributed by atoms with Crippen LogP contribution >= 0.6 is 24.0 Å². The van der Waals surface area contributed by atoms with E-state index >= 15 is 0 Å². The quantitative estimate of drug-likeness (QED) is 0.508. The minimum Gasteiger partial charge on any atom is -0.355 e. The lowest BCUT2D eigenvalue weighted by Crippen LogP contribution is -2.40. The van der Waals surface area contributed by atoms with E-state index < -0.39 is 0 Å². The summed E-state index contributed by atoms with van der Waals surface area (Å²) in [5.41, 5.74) is 0.896. The predicted molar refractivity (Wildman–Crippen MR) is 131 cm³/mol. The van der Waals surface area contributed by atoms with Crippen molar-refractivity contribution in [3.05, 3.63) is 45.2 Å². The smallest absolute Gasteiger partial charge is 0.267 e. The number of nitrogens with zero attached hydrogens (tertiary/aromatic N) is 4. The fourth-order valence-electron chi connectivity index (χ4n) is 4.47. The molecule has 2 aromatic heterocycles. The van der Waals surface area contributed by atoms with Crippen molar-refractivity contribution < 1.29 is 4.79 Å². The number of rotatable bonds is 4. The van der Waals surface area contributed by atoms with Gasteiger partial charge in [0.2, 0.25) is 0 Å². The van der Waals surface area contributed by atoms with Gasteiger partial charge in [-0.3, -0.25) is 18.9 Å². The molecule has 8 heteroatoms. The zero-order valence-electron chi connectivity index (χ0n) is 18.4. The van der Waals surface area contributed by atoms with E-state index in [1.54, 1.807) is 21.6 Å². The number of hydrogen-bond donors (Lipinski definition) is 0. The summed E-state index contributed by atoms with van der Waals surface area (Å²) in [6.45, 7) is 10.2. The number of anilines is 1. The number of hydrogen-bond acceptors (Lipinski definition) is 6. The first kappa shape index (κ1) is 22.0. The number of pyridine rings is 1. The summed E-state index contributed by atoms with van der Waals surface area (Å²) in [5.74, 6) is 1.55. The Hall–Kier alpha value is -2.19. The molecule has 0 spiro atoms. The summed E-state index contributed by atoms with van der Waals surface area (Å²) in [7, 11) is 0. The lowest BCUT2D eigenvalue weighted by molar-refractivity contribution is -0.123. The topological polar surface area (TPSA) is 57.9 Å². The van der Waals surface area contributed by atoms with Crippen molar-refractivity contribution in [1.29, 1.82) is 0 Å². The van der Waals surface area contributed by atoms with Gasteiger partial charge in [-0.15, -0.1) is 0 Å². The Morgan fingerprint density at radius 2 is 1.97 bits per heavy atom. The van der Waals surface area contributed by atoms with Gasteiger partial charge in [-0.2, -0.15) is 0 Å². The molecule has 2 aliphatic heterocycles. The molecule has 0 aliphatic carbocycles. The van der Waals surface area contributed by atoms with Crippen LogP contribution in [0.4, 0.5) is 5.82 Å². The van der Waals surface area contributed by atoms with Crippen LogP contribution in [0.2, 0.25) is 0 Å². The normalized spacial score (nSPS) is 24.5. The summed E-state index contributed by atoms with van der Waals surface area (Å²) in [6.07, 6.45) is 5.40. The molecule has 2 saturated heterocycles. The minimum atomic E-state index is -0.166. The number of carbonyl (C=O) groups excluding carboxylic acids is 1. The third kappa shape index (κ3) is 4.15. The maximum Gasteiger partial charge on any atom is 0.267 e. The van der Waals surface area contributed by atoms with Crippen molar-refractivity contribution in [2.45, 2.75) is 46.6 Å². The Kier molecular flexibility index (Phi) is 6.21. The van der Waals surface area contributed by atoms with E-state index in [-0.39, 0.29) is 17.5 Å². The van der Waals surface area contributed by atoms with Crippen LogP contribution in [-0.2, 0) is 4.79 Å². The van der Waals surface area contributed by atoms with Gasteiger partial charge in [0.15, 0.2) is 0 Å². The second-order valence-electron chi connectivity index (χ2n) is 8.74. The second kappa shape index (κ2) is 8.74. The van der Waals surface area contributed by atoms with E-state index in [2.05, 4.69) is 18.7 Å². The van der Waals surface area contributed by atoms with Gasteiger partial charge < -0.3 is 4.90 Å². The number of thioether (sulfide) groups is 1. The molecule has 1 amide bonds. The molecular weight excluding hydrogens is 428 g/mol. The molecule has 4 heterocycles. The number of thiocarbonyl (C=S) groups is 1. The van der Waals surface area contributed by atoms with E-state index in [4.69, 9.17) is 17.2 Å². The third-order valence-corrected chi connectivity index (χ3v) is 7.38. The Morgan fingerprint density at radius 3 is 2.65 bits per heavy atom. The first-order valence-electron chi connectivity index (χ1n) is 10.8. The third-order valence-electron chi connectivity index (χ3n) is 6.05. The Labute approximate surface area is 192 Å². The Morgan fingerprint density at radius 1 is 1.26 bits per heavy atom. The number of fused-ring (bicyclic) bond motifs is 1. The molecule has 31 heavy (non-hydrogen) atoms. The van der Waals surface area contributed by atoms with Crippen molar-refractivity contribution in [1.82, 2.24) is 14.3 Å². The van der Waals surface area contributed by atoms with Gasteiger partial charge in [0, 0.05) is 25.3 Å². The summed E-state index contributed by atoms with van der Waals surface area (Å²) in [6, 6.07) is 5.56. The second-order valence-corrected chi connectivity index (χ2v) is 10.4. The molecule has 0 aromatic carbocycles. The maximum atomic E-state index is 13.5. The van der Waals surface area contributed by atoms with Crippen molar-refractivity contribution >= 4 is 51.7 Å². The molecule has 0 bridgehead atoms. The van der Waals surface area contributed by atoms with Crippen LogP contribution in [0, 0.1) is 11.8 Å². The van der Waals surface area contributed by atoms with Gasteiger partial charge in [-0.05, 0) is 49.8 Å². The van der Waals surface area contributed by atoms with Crippen LogP contribution in [0.5, 0.6) is 0 Å². The molecule has 0 saturated carbocycles. The van der Waals surface area contributed by atoms with Crippen molar-refractivity contribution in [2.75, 3.05) is 18.0 Å². The average Bonchev–Trinajstić information content (AvgIpc) is 3.01. The van der Waals surface area contributed by atoms with Gasteiger partial charge in [0.1, 0.15) is 15.8 Å². The molecule has 6 nitrogen and oxygen atoms in total. The largest absolute Gasteiger partial charge is 0.355 e. The predicted octanol–water partition coefficient (Wildman–Crippen LogP) is 4.18. The van der Waals surface area contributed by atoms with Crippen molar-refractivity contribution in [3.63, 3.8) is 0 Å². The number of piperidine rings is 1. The standard InChI is InChI=1S/C23H28N4O2S2/c1-5-16(4)27-22(29)18(31-23(27)30)11-17-20(25-12-14(2)10-15(3)13-25)24-19-8-6-7-9-26(19)21(17)28/h6-9,11,14-16H,5,10,12-13H2,1-4H3/b18-11+/t14-,15-,16-/m0/s1. The Bertz CT molecular complexity index is 1120. The summed E-state index contributed by atoms with van der Waals surface area (Å²) < 4.78 is 2.09. The molecule has 0 unspecified atom stereocenters. The van der Waals surface area contributed by atoms with E-state index in [0.29, 0.717) is 38.1 Å². The molecule has 4 rings (SSSR count). The van der Waals surface area contributed by atoms with Gasteiger partial charge >= 0.3 is 0 Å². The van der Waals surface area contributed by atoms with Gasteiger partial charge in [0.05, 0.1) is 10.5 Å². The summed E-state index contributed by atoms with van der Waals surface area (Å²) in [4.78, 5) is 35.8. The monoisotopic (exact) mass is 456 g/mol. The van der Waals surface area contributed by atoms with Gasteiger partial charge in [-0.25, -0.2) is 4.98 Å². The highest BCUT2D eigenvalue weighted by molar-refractivity contribution is 8.26.